The van der Waals surface area contributed by atoms with Gasteiger partial charge in [0.1, 0.15) is 36.2 Å². The summed E-state index contributed by atoms with van der Waals surface area (Å²) in [5.74, 6) is -1.32. The number of nitrogens with one attached hydrogen (secondary N) is 2. The summed E-state index contributed by atoms with van der Waals surface area (Å²) in [7, 11) is 0. The second kappa shape index (κ2) is 7.33. The lowest BCUT2D eigenvalue weighted by Gasteiger charge is -2.29. The van der Waals surface area contributed by atoms with E-state index in [1.54, 1.807) is 19.9 Å². The number of hydrogen-bond donors (Lipinski definition) is 5. The molecule has 2 aromatic rings. The van der Waals surface area contributed by atoms with Crippen LogP contribution in [-0.4, -0.2) is 61.7 Å². The maximum absolute atomic E-state index is 12.5. The summed E-state index contributed by atoms with van der Waals surface area (Å²) >= 11 is 0. The van der Waals surface area contributed by atoms with E-state index in [9.17, 15) is 20.3 Å². The molecule has 0 bridgehead atoms. The number of nitrogens with two attached hydrogens (primary N) is 1. The number of H-pyrrole nitrogens is 1. The van der Waals surface area contributed by atoms with E-state index in [4.69, 9.17) is 24.7 Å². The van der Waals surface area contributed by atoms with Gasteiger partial charge in [0.05, 0.1) is 16.4 Å². The monoisotopic (exact) mass is 393 g/mol. The van der Waals surface area contributed by atoms with Gasteiger partial charge < -0.3 is 25.4 Å². The zero-order valence-corrected chi connectivity index (χ0v) is 15.1. The molecule has 150 valence electrons. The first-order chi connectivity index (χ1) is 14.3. The van der Waals surface area contributed by atoms with Crippen LogP contribution in [0, 0.1) is 22.7 Å². The number of aromatic amines is 1. The predicted molar refractivity (Wildman–Crippen MR) is 93.3 cm³/mol. The molecule has 1 aliphatic heterocycles. The Hall–Kier alpha value is -2.78. The van der Waals surface area contributed by atoms with Crippen molar-refractivity contribution in [3.63, 3.8) is 0 Å². The van der Waals surface area contributed by atoms with Crippen LogP contribution in [0.5, 0.6) is 0 Å². The summed E-state index contributed by atoms with van der Waals surface area (Å²) < 4.78 is 35.2. The molecule has 0 amide bonds. The van der Waals surface area contributed by atoms with Crippen LogP contribution < -0.4 is 11.2 Å². The van der Waals surface area contributed by atoms with E-state index in [-0.39, 0.29) is 28.7 Å². The summed E-state index contributed by atoms with van der Waals surface area (Å²) in [4.78, 5) is 16.3. The number of nitrogens with zero attached hydrogens (tertiary/aromatic N) is 3. The SMILES string of the molecule is [2H]c1cc([C@]2(C#N)O[C@H](C([2H])([2H])O)[C@@H](O)[C@H]2OC(=O)[C@@H](N)C(C)C)n2[nH]cnc(=N)c12. The fourth-order valence-corrected chi connectivity index (χ4v) is 3.00. The minimum Gasteiger partial charge on any atom is -0.454 e. The minimum atomic E-state index is -3.11. The van der Waals surface area contributed by atoms with Crippen molar-refractivity contribution >= 4 is 11.5 Å². The van der Waals surface area contributed by atoms with Gasteiger partial charge in [-0.3, -0.25) is 19.8 Å². The average molecular weight is 393 g/mol. The van der Waals surface area contributed by atoms with Crippen molar-refractivity contribution in [3.8, 4) is 6.07 Å². The molecule has 0 radical (unpaired) electrons. The fourth-order valence-electron chi connectivity index (χ4n) is 3.00. The number of fused-ring (bicyclic) bond motifs is 1. The number of nitriles is 1. The molecule has 11 heteroatoms. The van der Waals surface area contributed by atoms with Gasteiger partial charge in [0.15, 0.2) is 11.6 Å². The van der Waals surface area contributed by atoms with Gasteiger partial charge in [-0.25, -0.2) is 4.98 Å². The average Bonchev–Trinajstić information content (AvgIpc) is 3.17. The topological polar surface area (TPSA) is 183 Å². The third-order valence-electron chi connectivity index (χ3n) is 4.66. The highest BCUT2D eigenvalue weighted by molar-refractivity contribution is 5.76. The van der Waals surface area contributed by atoms with E-state index in [1.165, 1.54) is 0 Å². The summed E-state index contributed by atoms with van der Waals surface area (Å²) in [6.45, 7) is 0.210. The van der Waals surface area contributed by atoms with Crippen molar-refractivity contribution in [1.82, 2.24) is 14.6 Å². The normalized spacial score (nSPS) is 30.5. The Morgan fingerprint density at radius 3 is 3.07 bits per heavy atom. The van der Waals surface area contributed by atoms with Gasteiger partial charge in [-0.1, -0.05) is 13.8 Å². The minimum absolute atomic E-state index is 0.0374. The van der Waals surface area contributed by atoms with Crippen LogP contribution in [0.25, 0.3) is 5.52 Å². The first kappa shape index (κ1) is 16.2. The molecule has 6 N–H and O–H groups in total. The van der Waals surface area contributed by atoms with Crippen LogP contribution in [0.4, 0.5) is 0 Å². The quantitative estimate of drug-likeness (QED) is 0.380. The van der Waals surface area contributed by atoms with Gasteiger partial charge >= 0.3 is 5.97 Å². The molecule has 0 aliphatic carbocycles. The molecular weight excluding hydrogens is 368 g/mol. The van der Waals surface area contributed by atoms with Crippen molar-refractivity contribution < 1.29 is 28.6 Å². The number of aliphatic hydroxyl groups is 2. The molecule has 2 aromatic heterocycles. The number of aromatic nitrogens is 3. The van der Waals surface area contributed by atoms with Crippen molar-refractivity contribution in [2.75, 3.05) is 6.56 Å². The molecule has 0 saturated carbocycles. The van der Waals surface area contributed by atoms with Gasteiger partial charge in [-0.2, -0.15) is 5.26 Å². The van der Waals surface area contributed by atoms with Crippen molar-refractivity contribution in [3.05, 3.63) is 29.6 Å². The molecule has 1 saturated heterocycles. The Kier molecular flexibility index (Phi) is 4.24. The number of carbonyl (C=O) groups is 1. The third-order valence-corrected chi connectivity index (χ3v) is 4.66. The van der Waals surface area contributed by atoms with Gasteiger partial charge in [0, 0.05) is 0 Å². The van der Waals surface area contributed by atoms with Crippen LogP contribution >= 0.6 is 0 Å². The number of esters is 1. The van der Waals surface area contributed by atoms with Crippen molar-refractivity contribution in [2.24, 2.45) is 11.7 Å². The van der Waals surface area contributed by atoms with E-state index in [0.717, 1.165) is 16.9 Å². The highest BCUT2D eigenvalue weighted by atomic mass is 16.6. The smallest absolute Gasteiger partial charge is 0.323 e. The largest absolute Gasteiger partial charge is 0.454 e. The molecule has 11 nitrogen and oxygen atoms in total. The van der Waals surface area contributed by atoms with E-state index in [2.05, 4.69) is 10.1 Å². The number of hydrogen-bond acceptors (Lipinski definition) is 9. The second-order valence-electron chi connectivity index (χ2n) is 6.73. The first-order valence-corrected chi connectivity index (χ1v) is 8.41. The maximum Gasteiger partial charge on any atom is 0.323 e. The molecule has 28 heavy (non-hydrogen) atoms. The molecule has 5 atom stereocenters. The predicted octanol–water partition coefficient (Wildman–Crippen LogP) is -1.49. The Morgan fingerprint density at radius 2 is 2.46 bits per heavy atom. The molecule has 1 fully saturated rings. The second-order valence-corrected chi connectivity index (χ2v) is 6.73. The van der Waals surface area contributed by atoms with Gasteiger partial charge in [0.25, 0.3) is 0 Å². The Bertz CT molecular complexity index is 1110. The lowest BCUT2D eigenvalue weighted by molar-refractivity contribution is -0.162. The molecule has 0 aromatic carbocycles. The Morgan fingerprint density at radius 1 is 1.75 bits per heavy atom. The van der Waals surface area contributed by atoms with Crippen LogP contribution in [0.1, 0.15) is 23.7 Å². The van der Waals surface area contributed by atoms with Gasteiger partial charge in [-0.15, -0.1) is 0 Å². The lowest BCUT2D eigenvalue weighted by Crippen LogP contribution is -2.48. The Labute approximate surface area is 164 Å². The fraction of sp³-hybridized carbons (Fsp3) is 0.529. The molecular formula is C17H22N6O5. The maximum atomic E-state index is 12.5. The van der Waals surface area contributed by atoms with Crippen LogP contribution in [-0.2, 0) is 19.9 Å². The van der Waals surface area contributed by atoms with Crippen molar-refractivity contribution in [1.29, 1.82) is 10.7 Å². The summed E-state index contributed by atoms with van der Waals surface area (Å²) in [6, 6.07) is 1.59. The van der Waals surface area contributed by atoms with E-state index in [1.807, 2.05) is 0 Å². The van der Waals surface area contributed by atoms with Crippen molar-refractivity contribution in [2.45, 2.75) is 43.8 Å². The zero-order chi connectivity index (χ0) is 23.3. The highest BCUT2D eigenvalue weighted by Crippen LogP contribution is 2.41. The zero-order valence-electron chi connectivity index (χ0n) is 18.1. The molecule has 0 unspecified atom stereocenters. The van der Waals surface area contributed by atoms with E-state index >= 15 is 0 Å². The number of carbonyl (C=O) groups excluding carboxylic acids is 1. The standard InChI is InChI=1S/C17H22N6O5/c1-8(2)12(19)16(26)27-14-13(25)10(5-24)28-17(14,6-18)11-4-3-9-15(20)21-7-22-23(9)11/h3-4,7-8,10,12-14,24-25H,5,19H2,1-2H3,(H2,20,21,22)/t10-,12+,13-,14-,17+/m1/s1/i3D,5D2. The number of aliphatic hydroxyl groups excluding tert-OH is 1. The van der Waals surface area contributed by atoms with Crippen LogP contribution in [0.2, 0.25) is 0 Å². The summed E-state index contributed by atoms with van der Waals surface area (Å²) in [5, 5.41) is 41.2. The first-order valence-electron chi connectivity index (χ1n) is 9.91. The van der Waals surface area contributed by atoms with Gasteiger partial charge in [0.2, 0.25) is 5.60 Å². The number of ether oxygens (including phenoxy) is 2. The summed E-state index contributed by atoms with van der Waals surface area (Å²) in [6.07, 6.45) is -4.62. The summed E-state index contributed by atoms with van der Waals surface area (Å²) in [5.41, 5.74) is 2.96. The number of rotatable bonds is 5. The van der Waals surface area contributed by atoms with E-state index < -0.39 is 42.5 Å². The van der Waals surface area contributed by atoms with Crippen LogP contribution in [0.3, 0.4) is 0 Å². The molecule has 1 aliphatic rings. The highest BCUT2D eigenvalue weighted by Gasteiger charge is 2.60. The molecule has 3 rings (SSSR count). The lowest BCUT2D eigenvalue weighted by atomic mass is 9.92. The van der Waals surface area contributed by atoms with E-state index in [0.29, 0.717) is 0 Å². The van der Waals surface area contributed by atoms with Gasteiger partial charge in [-0.05, 0) is 18.0 Å². The molecule has 0 spiro atoms. The van der Waals surface area contributed by atoms with Crippen LogP contribution in [0.15, 0.2) is 18.4 Å². The Balaban J connectivity index is 2.22. The third kappa shape index (κ3) is 2.96. The molecule has 3 heterocycles.